The molecule has 0 bridgehead atoms. The molecular weight excluding hydrogens is 484 g/mol. The van der Waals surface area contributed by atoms with Gasteiger partial charge in [-0.05, 0) is 54.8 Å². The van der Waals surface area contributed by atoms with Gasteiger partial charge in [-0.3, -0.25) is 19.0 Å². The van der Waals surface area contributed by atoms with Gasteiger partial charge in [0.2, 0.25) is 11.8 Å². The number of aromatic nitrogens is 2. The molecule has 196 valence electrons. The zero-order chi connectivity index (χ0) is 26.5. The van der Waals surface area contributed by atoms with Gasteiger partial charge in [-0.25, -0.2) is 9.36 Å². The lowest BCUT2D eigenvalue weighted by atomic mass is 9.95. The molecular formula is C29H30N4O5. The maximum Gasteiger partial charge on any atom is 0.336 e. The summed E-state index contributed by atoms with van der Waals surface area (Å²) in [5, 5.41) is 6.16. The topological polar surface area (TPSA) is 115 Å². The van der Waals surface area contributed by atoms with Crippen molar-refractivity contribution in [3.05, 3.63) is 99.1 Å². The van der Waals surface area contributed by atoms with Crippen LogP contribution in [0.1, 0.15) is 43.4 Å². The molecule has 9 nitrogen and oxygen atoms in total. The highest BCUT2D eigenvalue weighted by Gasteiger charge is 2.18. The van der Waals surface area contributed by atoms with Crippen molar-refractivity contribution in [1.29, 1.82) is 0 Å². The van der Waals surface area contributed by atoms with Crippen LogP contribution in [0.4, 0.5) is 0 Å². The van der Waals surface area contributed by atoms with Gasteiger partial charge in [0.25, 0.3) is 5.56 Å². The number of rotatable bonds is 8. The van der Waals surface area contributed by atoms with Gasteiger partial charge in [0.1, 0.15) is 12.3 Å². The minimum absolute atomic E-state index is 0.0320. The summed E-state index contributed by atoms with van der Waals surface area (Å²) in [7, 11) is 0. The highest BCUT2D eigenvalue weighted by Crippen LogP contribution is 2.18. The number of fused-ring (bicyclic) bond motifs is 1. The van der Waals surface area contributed by atoms with E-state index in [2.05, 4.69) is 10.6 Å². The van der Waals surface area contributed by atoms with Crippen molar-refractivity contribution in [3.63, 3.8) is 0 Å². The van der Waals surface area contributed by atoms with E-state index >= 15 is 0 Å². The quantitative estimate of drug-likeness (QED) is 0.375. The maximum absolute atomic E-state index is 13.5. The summed E-state index contributed by atoms with van der Waals surface area (Å²) in [6, 6.07) is 17.2. The van der Waals surface area contributed by atoms with E-state index < -0.39 is 17.2 Å². The van der Waals surface area contributed by atoms with Gasteiger partial charge in [-0.1, -0.05) is 43.5 Å². The summed E-state index contributed by atoms with van der Waals surface area (Å²) in [5.41, 5.74) is 0.439. The van der Waals surface area contributed by atoms with Gasteiger partial charge in [-0.15, -0.1) is 0 Å². The molecule has 0 aliphatic heterocycles. The van der Waals surface area contributed by atoms with Crippen LogP contribution in [-0.4, -0.2) is 27.0 Å². The lowest BCUT2D eigenvalue weighted by molar-refractivity contribution is -0.122. The number of benzene rings is 2. The van der Waals surface area contributed by atoms with Crippen molar-refractivity contribution in [2.75, 3.05) is 0 Å². The Kier molecular flexibility index (Phi) is 7.53. The van der Waals surface area contributed by atoms with Crippen LogP contribution >= 0.6 is 0 Å². The molecule has 0 spiro atoms. The van der Waals surface area contributed by atoms with E-state index in [0.29, 0.717) is 22.4 Å². The highest BCUT2D eigenvalue weighted by atomic mass is 16.3. The predicted octanol–water partition coefficient (Wildman–Crippen LogP) is 3.05. The van der Waals surface area contributed by atoms with Crippen LogP contribution < -0.4 is 21.9 Å². The molecule has 1 saturated carbocycles. The van der Waals surface area contributed by atoms with Crippen LogP contribution in [0.3, 0.4) is 0 Å². The summed E-state index contributed by atoms with van der Waals surface area (Å²) in [6.45, 7) is -0.0757. The second-order valence-corrected chi connectivity index (χ2v) is 9.63. The third kappa shape index (κ3) is 5.61. The third-order valence-electron chi connectivity index (χ3n) is 6.92. The number of nitrogens with zero attached hydrogens (tertiary/aromatic N) is 2. The van der Waals surface area contributed by atoms with Crippen molar-refractivity contribution in [1.82, 2.24) is 19.8 Å². The first-order valence-corrected chi connectivity index (χ1v) is 12.9. The number of para-hydroxylation sites is 1. The van der Waals surface area contributed by atoms with Crippen molar-refractivity contribution in [2.45, 2.75) is 57.7 Å². The molecule has 0 radical (unpaired) electrons. The monoisotopic (exact) mass is 514 g/mol. The zero-order valence-corrected chi connectivity index (χ0v) is 21.0. The Bertz CT molecular complexity index is 1540. The smallest absolute Gasteiger partial charge is 0.336 e. The number of carbonyl (C=O) groups is 2. The van der Waals surface area contributed by atoms with Crippen LogP contribution in [0.2, 0.25) is 0 Å². The number of amides is 2. The normalized spacial score (nSPS) is 13.9. The summed E-state index contributed by atoms with van der Waals surface area (Å²) in [4.78, 5) is 52.0. The Hall–Kier alpha value is -4.40. The van der Waals surface area contributed by atoms with E-state index in [4.69, 9.17) is 4.42 Å². The molecule has 1 aliphatic rings. The van der Waals surface area contributed by atoms with Crippen molar-refractivity contribution in [2.24, 2.45) is 0 Å². The van der Waals surface area contributed by atoms with Crippen molar-refractivity contribution in [3.8, 4) is 5.69 Å². The Morgan fingerprint density at radius 2 is 1.66 bits per heavy atom. The molecule has 1 fully saturated rings. The van der Waals surface area contributed by atoms with Crippen LogP contribution in [-0.2, 0) is 29.1 Å². The molecule has 4 aromatic rings. The van der Waals surface area contributed by atoms with Gasteiger partial charge < -0.3 is 15.1 Å². The largest absolute Gasteiger partial charge is 0.467 e. The molecule has 2 aromatic carbocycles. The average Bonchev–Trinajstić information content (AvgIpc) is 3.45. The SMILES string of the molecule is O=C(Cn1c(=O)n(-c2ccc(CC(=O)NC3CCCCC3)cc2)c(=O)c2ccccc21)NCc1ccco1. The van der Waals surface area contributed by atoms with E-state index in [1.165, 1.54) is 17.3 Å². The molecule has 0 saturated heterocycles. The Labute approximate surface area is 219 Å². The van der Waals surface area contributed by atoms with E-state index in [1.807, 2.05) is 0 Å². The Morgan fingerprint density at radius 3 is 2.39 bits per heavy atom. The van der Waals surface area contributed by atoms with E-state index in [-0.39, 0.29) is 31.5 Å². The number of hydrogen-bond acceptors (Lipinski definition) is 5. The van der Waals surface area contributed by atoms with E-state index in [0.717, 1.165) is 35.8 Å². The third-order valence-corrected chi connectivity index (χ3v) is 6.92. The van der Waals surface area contributed by atoms with Crippen molar-refractivity contribution < 1.29 is 14.0 Å². The molecule has 0 unspecified atom stereocenters. The van der Waals surface area contributed by atoms with Gasteiger partial charge in [0.15, 0.2) is 0 Å². The van der Waals surface area contributed by atoms with Gasteiger partial charge in [0, 0.05) is 6.04 Å². The molecule has 2 heterocycles. The lowest BCUT2D eigenvalue weighted by Crippen LogP contribution is -2.41. The minimum Gasteiger partial charge on any atom is -0.467 e. The molecule has 0 atom stereocenters. The fourth-order valence-electron chi connectivity index (χ4n) is 4.97. The van der Waals surface area contributed by atoms with E-state index in [1.54, 1.807) is 60.7 Å². The summed E-state index contributed by atoms with van der Waals surface area (Å²) in [5.74, 6) is 0.168. The van der Waals surface area contributed by atoms with Gasteiger partial charge in [0.05, 0.1) is 35.8 Å². The van der Waals surface area contributed by atoms with Crippen LogP contribution in [0.15, 0.2) is 80.9 Å². The first-order valence-electron chi connectivity index (χ1n) is 12.9. The summed E-state index contributed by atoms with van der Waals surface area (Å²) >= 11 is 0. The fourth-order valence-corrected chi connectivity index (χ4v) is 4.97. The molecule has 5 rings (SSSR count). The van der Waals surface area contributed by atoms with Crippen molar-refractivity contribution >= 4 is 22.7 Å². The van der Waals surface area contributed by atoms with Crippen LogP contribution in [0.5, 0.6) is 0 Å². The zero-order valence-electron chi connectivity index (χ0n) is 21.0. The predicted molar refractivity (Wildman–Crippen MR) is 143 cm³/mol. The van der Waals surface area contributed by atoms with E-state index in [9.17, 15) is 19.2 Å². The van der Waals surface area contributed by atoms with Crippen LogP contribution in [0, 0.1) is 0 Å². The fraction of sp³-hybridized carbons (Fsp3) is 0.310. The number of carbonyl (C=O) groups excluding carboxylic acids is 2. The van der Waals surface area contributed by atoms with Gasteiger partial charge in [-0.2, -0.15) is 0 Å². The Balaban J connectivity index is 1.39. The lowest BCUT2D eigenvalue weighted by Gasteiger charge is -2.22. The molecule has 2 amide bonds. The molecule has 38 heavy (non-hydrogen) atoms. The first-order chi connectivity index (χ1) is 18.5. The first kappa shape index (κ1) is 25.3. The molecule has 1 aliphatic carbocycles. The second-order valence-electron chi connectivity index (χ2n) is 9.63. The maximum atomic E-state index is 13.5. The summed E-state index contributed by atoms with van der Waals surface area (Å²) < 4.78 is 7.59. The van der Waals surface area contributed by atoms with Gasteiger partial charge >= 0.3 is 5.69 Å². The number of hydrogen-bond donors (Lipinski definition) is 2. The summed E-state index contributed by atoms with van der Waals surface area (Å²) in [6.07, 6.45) is 7.28. The minimum atomic E-state index is -0.621. The molecule has 9 heteroatoms. The second kappa shape index (κ2) is 11.3. The molecule has 2 N–H and O–H groups in total. The highest BCUT2D eigenvalue weighted by molar-refractivity contribution is 5.82. The standard InChI is InChI=1S/C29H30N4O5/c34-26(31-21-7-2-1-3-8-21)17-20-12-14-22(15-13-20)33-28(36)24-10-4-5-11-25(24)32(29(33)37)19-27(35)30-18-23-9-6-16-38-23/h4-6,9-16,21H,1-3,7-8,17-19H2,(H,30,35)(H,31,34). The Morgan fingerprint density at radius 1 is 0.895 bits per heavy atom. The average molecular weight is 515 g/mol. The molecule has 2 aromatic heterocycles. The van der Waals surface area contributed by atoms with Crippen LogP contribution in [0.25, 0.3) is 16.6 Å². The number of furan rings is 1. The number of nitrogens with one attached hydrogen (secondary N) is 2.